The fourth-order valence-electron chi connectivity index (χ4n) is 4.28. The topological polar surface area (TPSA) is 172 Å². The summed E-state index contributed by atoms with van der Waals surface area (Å²) in [7, 11) is 0. The maximum atomic E-state index is 12.5. The lowest BCUT2D eigenvalue weighted by Crippen LogP contribution is -2.19. The number of benzene rings is 2. The fraction of sp³-hybridized carbons (Fsp3) is 0.292. The molecule has 11 nitrogen and oxygen atoms in total. The van der Waals surface area contributed by atoms with Gasteiger partial charge in [-0.1, -0.05) is 23.3 Å². The van der Waals surface area contributed by atoms with Crippen LogP contribution >= 0.6 is 0 Å². The number of urea groups is 1. The van der Waals surface area contributed by atoms with E-state index in [0.29, 0.717) is 23.0 Å². The van der Waals surface area contributed by atoms with Crippen LogP contribution in [0.4, 0.5) is 27.9 Å². The van der Waals surface area contributed by atoms with E-state index in [-0.39, 0.29) is 24.2 Å². The van der Waals surface area contributed by atoms with Crippen molar-refractivity contribution in [2.75, 3.05) is 16.0 Å². The molecule has 0 aliphatic heterocycles. The Morgan fingerprint density at radius 1 is 0.943 bits per heavy atom. The van der Waals surface area contributed by atoms with Gasteiger partial charge in [-0.25, -0.2) is 4.79 Å². The molecule has 0 saturated heterocycles. The molecule has 0 unspecified atom stereocenters. The van der Waals surface area contributed by atoms with E-state index in [1.54, 1.807) is 24.3 Å². The quantitative estimate of drug-likeness (QED) is 0.318. The van der Waals surface area contributed by atoms with Gasteiger partial charge in [0.05, 0.1) is 0 Å². The van der Waals surface area contributed by atoms with Crippen LogP contribution in [0.2, 0.25) is 0 Å². The molecule has 3 amide bonds. The van der Waals surface area contributed by atoms with Gasteiger partial charge in [-0.3, -0.25) is 9.59 Å². The van der Waals surface area contributed by atoms with Gasteiger partial charge >= 0.3 is 29.8 Å². The molecule has 1 aliphatic rings. The summed E-state index contributed by atoms with van der Waals surface area (Å²) >= 11 is 0. The number of nitrogens with one attached hydrogen (secondary N) is 3. The van der Waals surface area contributed by atoms with Gasteiger partial charge in [0.1, 0.15) is 0 Å². The molecule has 1 saturated carbocycles. The van der Waals surface area contributed by atoms with E-state index >= 15 is 0 Å². The molecule has 1 heterocycles. The number of hydrogen-bond acceptors (Lipinski definition) is 7. The number of carboxylic acid groups (broad SMARTS) is 1. The van der Waals surface area contributed by atoms with E-state index in [4.69, 9.17) is 15.3 Å². The fourth-order valence-corrected chi connectivity index (χ4v) is 4.28. The number of amides is 3. The highest BCUT2D eigenvalue weighted by Gasteiger charge is 2.24. The second-order valence-corrected chi connectivity index (χ2v) is 8.50. The van der Waals surface area contributed by atoms with Crippen molar-refractivity contribution in [2.24, 2.45) is 11.7 Å². The van der Waals surface area contributed by atoms with Gasteiger partial charge in [-0.05, 0) is 73.4 Å². The maximum absolute atomic E-state index is 12.5. The normalized spacial score (nSPS) is 17.4. The highest BCUT2D eigenvalue weighted by molar-refractivity contribution is 6.00. The van der Waals surface area contributed by atoms with Crippen molar-refractivity contribution in [3.8, 4) is 0 Å². The van der Waals surface area contributed by atoms with Crippen LogP contribution in [0.1, 0.15) is 54.3 Å². The first-order valence-corrected chi connectivity index (χ1v) is 11.3. The van der Waals surface area contributed by atoms with E-state index < -0.39 is 17.9 Å². The smallest absolute Gasteiger partial charge is 0.320 e. The van der Waals surface area contributed by atoms with Crippen LogP contribution in [0, 0.1) is 5.92 Å². The van der Waals surface area contributed by atoms with Crippen molar-refractivity contribution in [3.63, 3.8) is 0 Å². The second kappa shape index (κ2) is 10.7. The molecular formula is C24H26N6O5. The number of aliphatic carboxylic acids is 1. The third-order valence-electron chi connectivity index (χ3n) is 5.95. The number of aromatic nitrogens is 2. The summed E-state index contributed by atoms with van der Waals surface area (Å²) in [5.41, 5.74) is 7.93. The number of rotatable bonds is 8. The molecule has 0 spiro atoms. The Hall–Kier alpha value is -4.41. The largest absolute Gasteiger partial charge is 0.481 e. The first-order valence-electron chi connectivity index (χ1n) is 11.3. The molecular weight excluding hydrogens is 452 g/mol. The minimum absolute atomic E-state index is 0.0141. The zero-order valence-electron chi connectivity index (χ0n) is 18.9. The van der Waals surface area contributed by atoms with Gasteiger partial charge < -0.3 is 31.2 Å². The van der Waals surface area contributed by atoms with Crippen molar-refractivity contribution in [1.82, 2.24) is 10.2 Å². The monoisotopic (exact) mass is 478 g/mol. The summed E-state index contributed by atoms with van der Waals surface area (Å²) in [6.07, 6.45) is 3.99. The highest BCUT2D eigenvalue weighted by Crippen LogP contribution is 2.37. The second-order valence-electron chi connectivity index (χ2n) is 8.50. The number of hydrogen-bond donors (Lipinski definition) is 5. The molecule has 1 aliphatic carbocycles. The molecule has 0 bridgehead atoms. The van der Waals surface area contributed by atoms with Gasteiger partial charge in [-0.2, -0.15) is 0 Å². The van der Waals surface area contributed by atoms with Crippen molar-refractivity contribution in [1.29, 1.82) is 0 Å². The number of nitrogens with zero attached hydrogens (tertiary/aromatic N) is 2. The minimum atomic E-state index is -0.732. The van der Waals surface area contributed by atoms with Crippen molar-refractivity contribution >= 4 is 41.0 Å². The van der Waals surface area contributed by atoms with Crippen LogP contribution in [0.15, 0.2) is 52.9 Å². The van der Waals surface area contributed by atoms with Crippen LogP contribution < -0.4 is 21.7 Å². The molecule has 3 aromatic rings. The molecule has 1 fully saturated rings. The molecule has 182 valence electrons. The van der Waals surface area contributed by atoms with Gasteiger partial charge in [0.15, 0.2) is 0 Å². The predicted molar refractivity (Wildman–Crippen MR) is 129 cm³/mol. The Kier molecular flexibility index (Phi) is 7.24. The Morgan fingerprint density at radius 3 is 2.34 bits per heavy atom. The first-order chi connectivity index (χ1) is 16.9. The SMILES string of the molecule is NC(=O)Nc1cccc(Nc2nnc(C(=O)Nc3ccc(C4CCC(CC(=O)O)CC4)cc3)o2)c1. The number of primary amides is 1. The number of carboxylic acids is 1. The Morgan fingerprint density at radius 2 is 1.66 bits per heavy atom. The third-order valence-corrected chi connectivity index (χ3v) is 5.95. The third kappa shape index (κ3) is 6.56. The number of nitrogens with two attached hydrogens (primary N) is 1. The van der Waals surface area contributed by atoms with Gasteiger partial charge in [0.2, 0.25) is 0 Å². The highest BCUT2D eigenvalue weighted by atomic mass is 16.4. The standard InChI is InChI=1S/C24H26N6O5/c25-23(34)27-18-2-1-3-19(13-18)28-24-30-29-22(35-24)21(33)26-17-10-8-16(9-11-17)15-6-4-14(5-7-15)12-20(31)32/h1-3,8-11,13-15H,4-7,12H2,(H,26,33)(H,28,30)(H,31,32)(H3,25,27,34). The van der Waals surface area contributed by atoms with Gasteiger partial charge in [0.25, 0.3) is 0 Å². The lowest BCUT2D eigenvalue weighted by Gasteiger charge is -2.28. The van der Waals surface area contributed by atoms with Gasteiger partial charge in [0, 0.05) is 23.5 Å². The predicted octanol–water partition coefficient (Wildman–Crippen LogP) is 4.30. The van der Waals surface area contributed by atoms with E-state index in [9.17, 15) is 14.4 Å². The van der Waals surface area contributed by atoms with Crippen molar-refractivity contribution in [2.45, 2.75) is 38.0 Å². The van der Waals surface area contributed by atoms with Crippen molar-refractivity contribution in [3.05, 3.63) is 60.0 Å². The summed E-state index contributed by atoms with van der Waals surface area (Å²) in [6, 6.07) is 13.6. The van der Waals surface area contributed by atoms with Crippen LogP contribution in [0.5, 0.6) is 0 Å². The summed E-state index contributed by atoms with van der Waals surface area (Å²) < 4.78 is 5.40. The molecule has 4 rings (SSSR count). The van der Waals surface area contributed by atoms with Crippen LogP contribution in [0.25, 0.3) is 0 Å². The van der Waals surface area contributed by atoms with E-state index in [1.807, 2.05) is 24.3 Å². The van der Waals surface area contributed by atoms with E-state index in [2.05, 4.69) is 26.1 Å². The van der Waals surface area contributed by atoms with Crippen molar-refractivity contribution < 1.29 is 23.9 Å². The van der Waals surface area contributed by atoms with E-state index in [0.717, 1.165) is 25.7 Å². The summed E-state index contributed by atoms with van der Waals surface area (Å²) in [5, 5.41) is 24.6. The Labute approximate surface area is 201 Å². The average Bonchev–Trinajstić information content (AvgIpc) is 3.28. The zero-order valence-corrected chi connectivity index (χ0v) is 18.9. The van der Waals surface area contributed by atoms with Crippen LogP contribution in [-0.2, 0) is 4.79 Å². The van der Waals surface area contributed by atoms with Crippen LogP contribution in [-0.4, -0.2) is 33.2 Å². The number of carbonyl (C=O) groups is 3. The Balaban J connectivity index is 1.31. The summed E-state index contributed by atoms with van der Waals surface area (Å²) in [5.74, 6) is -0.835. The number of carbonyl (C=O) groups excluding carboxylic acids is 2. The molecule has 6 N–H and O–H groups in total. The summed E-state index contributed by atoms with van der Waals surface area (Å²) in [4.78, 5) is 34.4. The van der Waals surface area contributed by atoms with Crippen LogP contribution in [0.3, 0.4) is 0 Å². The zero-order chi connectivity index (χ0) is 24.8. The number of anilines is 4. The van der Waals surface area contributed by atoms with E-state index in [1.165, 1.54) is 5.56 Å². The first kappa shape index (κ1) is 23.7. The maximum Gasteiger partial charge on any atom is 0.320 e. The summed E-state index contributed by atoms with van der Waals surface area (Å²) in [6.45, 7) is 0. The molecule has 2 aromatic carbocycles. The molecule has 0 atom stereocenters. The lowest BCUT2D eigenvalue weighted by molar-refractivity contribution is -0.138. The average molecular weight is 479 g/mol. The minimum Gasteiger partial charge on any atom is -0.481 e. The molecule has 1 aromatic heterocycles. The molecule has 11 heteroatoms. The van der Waals surface area contributed by atoms with Gasteiger partial charge in [-0.15, -0.1) is 5.10 Å². The molecule has 0 radical (unpaired) electrons. The Bertz CT molecular complexity index is 1200. The molecule has 35 heavy (non-hydrogen) atoms. The lowest BCUT2D eigenvalue weighted by atomic mass is 9.77.